The van der Waals surface area contributed by atoms with Gasteiger partial charge in [-0.1, -0.05) is 0 Å². The van der Waals surface area contributed by atoms with E-state index in [1.54, 1.807) is 7.11 Å². The molecule has 0 aliphatic heterocycles. The third-order valence-electron chi connectivity index (χ3n) is 2.79. The van der Waals surface area contributed by atoms with Crippen LogP contribution in [0.25, 0.3) is 0 Å². The van der Waals surface area contributed by atoms with Crippen molar-refractivity contribution in [3.05, 3.63) is 17.1 Å². The first kappa shape index (κ1) is 10.4. The van der Waals surface area contributed by atoms with Crippen molar-refractivity contribution in [1.82, 2.24) is 9.97 Å². The van der Waals surface area contributed by atoms with Crippen molar-refractivity contribution in [1.29, 1.82) is 0 Å². The number of hydrogen-bond donors (Lipinski definition) is 1. The number of nitrogens with two attached hydrogens (primary N) is 1. The number of ether oxygens (including phenoxy) is 1. The lowest BCUT2D eigenvalue weighted by atomic mass is 9.96. The van der Waals surface area contributed by atoms with E-state index in [4.69, 9.17) is 10.5 Å². The number of hydrogen-bond acceptors (Lipinski definition) is 4. The Hall–Kier alpha value is -1.16. The molecule has 0 amide bonds. The van der Waals surface area contributed by atoms with Crippen molar-refractivity contribution in [2.24, 2.45) is 0 Å². The number of aromatic nitrogens is 2. The highest BCUT2D eigenvalue weighted by molar-refractivity contribution is 5.43. The van der Waals surface area contributed by atoms with Gasteiger partial charge in [0.25, 0.3) is 0 Å². The summed E-state index contributed by atoms with van der Waals surface area (Å²) in [6.45, 7) is 0.651. The number of anilines is 1. The van der Waals surface area contributed by atoms with Gasteiger partial charge in [0.1, 0.15) is 11.6 Å². The van der Waals surface area contributed by atoms with Gasteiger partial charge in [0.05, 0.1) is 6.61 Å². The highest BCUT2D eigenvalue weighted by Crippen LogP contribution is 2.23. The quantitative estimate of drug-likeness (QED) is 0.807. The average Bonchev–Trinajstić information content (AvgIpc) is 2.26. The van der Waals surface area contributed by atoms with Crippen LogP contribution in [0.5, 0.6) is 0 Å². The molecule has 0 unspecified atom stereocenters. The predicted molar refractivity (Wildman–Crippen MR) is 58.7 cm³/mol. The minimum atomic E-state index is 0.651. The van der Waals surface area contributed by atoms with Crippen molar-refractivity contribution in [3.63, 3.8) is 0 Å². The van der Waals surface area contributed by atoms with Crippen LogP contribution < -0.4 is 5.73 Å². The van der Waals surface area contributed by atoms with Gasteiger partial charge in [-0.3, -0.25) is 0 Å². The molecule has 1 aliphatic carbocycles. The second-order valence-electron chi connectivity index (χ2n) is 3.90. The zero-order valence-corrected chi connectivity index (χ0v) is 9.12. The van der Waals surface area contributed by atoms with E-state index in [1.807, 2.05) is 0 Å². The van der Waals surface area contributed by atoms with Gasteiger partial charge in [-0.15, -0.1) is 0 Å². The Bertz CT molecular complexity index is 352. The molecule has 0 atom stereocenters. The summed E-state index contributed by atoms with van der Waals surface area (Å²) in [4.78, 5) is 8.85. The predicted octanol–water partition coefficient (Wildman–Crippen LogP) is 1.13. The number of rotatable bonds is 3. The lowest BCUT2D eigenvalue weighted by Crippen LogP contribution is -2.14. The van der Waals surface area contributed by atoms with Crippen LogP contribution in [0.3, 0.4) is 0 Å². The molecule has 0 saturated carbocycles. The maximum Gasteiger partial charge on any atom is 0.133 e. The van der Waals surface area contributed by atoms with Crippen molar-refractivity contribution in [2.45, 2.75) is 32.1 Å². The molecule has 1 aliphatic rings. The van der Waals surface area contributed by atoms with Crippen LogP contribution in [0, 0.1) is 0 Å². The molecule has 0 saturated heterocycles. The van der Waals surface area contributed by atoms with Crippen LogP contribution in [0.2, 0.25) is 0 Å². The fourth-order valence-corrected chi connectivity index (χ4v) is 1.98. The van der Waals surface area contributed by atoms with E-state index in [0.29, 0.717) is 12.4 Å². The van der Waals surface area contributed by atoms with Gasteiger partial charge in [-0.05, 0) is 25.7 Å². The van der Waals surface area contributed by atoms with E-state index in [-0.39, 0.29) is 0 Å². The van der Waals surface area contributed by atoms with Crippen LogP contribution in [0.15, 0.2) is 0 Å². The Morgan fingerprint density at radius 1 is 1.27 bits per heavy atom. The molecule has 15 heavy (non-hydrogen) atoms. The molecule has 2 N–H and O–H groups in total. The molecule has 2 rings (SSSR count). The Balaban J connectivity index is 2.24. The SMILES string of the molecule is COCCc1nc(N)c2c(n1)CCCC2. The third-order valence-corrected chi connectivity index (χ3v) is 2.79. The summed E-state index contributed by atoms with van der Waals surface area (Å²) in [5.74, 6) is 1.49. The van der Waals surface area contributed by atoms with Crippen molar-refractivity contribution in [2.75, 3.05) is 19.5 Å². The minimum Gasteiger partial charge on any atom is -0.384 e. The van der Waals surface area contributed by atoms with Crippen molar-refractivity contribution >= 4 is 5.82 Å². The molecule has 4 nitrogen and oxygen atoms in total. The Morgan fingerprint density at radius 2 is 2.07 bits per heavy atom. The smallest absolute Gasteiger partial charge is 0.133 e. The lowest BCUT2D eigenvalue weighted by Gasteiger charge is -2.16. The number of methoxy groups -OCH3 is 1. The van der Waals surface area contributed by atoms with Gasteiger partial charge in [-0.2, -0.15) is 0 Å². The first-order chi connectivity index (χ1) is 7.31. The van der Waals surface area contributed by atoms with Crippen molar-refractivity contribution < 1.29 is 4.74 Å². The first-order valence-corrected chi connectivity index (χ1v) is 5.44. The topological polar surface area (TPSA) is 61.0 Å². The van der Waals surface area contributed by atoms with Gasteiger partial charge < -0.3 is 10.5 Å². The molecule has 0 aromatic carbocycles. The fraction of sp³-hybridized carbons (Fsp3) is 0.636. The zero-order valence-electron chi connectivity index (χ0n) is 9.12. The summed E-state index contributed by atoms with van der Waals surface area (Å²) >= 11 is 0. The molecule has 1 aromatic heterocycles. The van der Waals surface area contributed by atoms with E-state index in [9.17, 15) is 0 Å². The monoisotopic (exact) mass is 207 g/mol. The standard InChI is InChI=1S/C11H17N3O/c1-15-7-6-10-13-9-5-3-2-4-8(9)11(12)14-10/h2-7H2,1H3,(H2,12,13,14). The molecule has 0 fully saturated rings. The summed E-state index contributed by atoms with van der Waals surface area (Å²) < 4.78 is 5.01. The molecule has 1 aromatic rings. The van der Waals surface area contributed by atoms with E-state index >= 15 is 0 Å². The van der Waals surface area contributed by atoms with Gasteiger partial charge in [0, 0.05) is 24.8 Å². The van der Waals surface area contributed by atoms with Crippen LogP contribution in [-0.2, 0) is 24.0 Å². The molecular weight excluding hydrogens is 190 g/mol. The lowest BCUT2D eigenvalue weighted by molar-refractivity contribution is 0.200. The van der Waals surface area contributed by atoms with Crippen LogP contribution in [0.1, 0.15) is 29.9 Å². The number of nitrogens with zero attached hydrogens (tertiary/aromatic N) is 2. The van der Waals surface area contributed by atoms with E-state index in [1.165, 1.54) is 18.4 Å². The Labute approximate surface area is 89.9 Å². The maximum atomic E-state index is 5.92. The number of nitrogen functional groups attached to an aromatic ring is 1. The van der Waals surface area contributed by atoms with E-state index < -0.39 is 0 Å². The Kier molecular flexibility index (Phi) is 3.16. The summed E-state index contributed by atoms with van der Waals surface area (Å²) in [6, 6.07) is 0. The van der Waals surface area contributed by atoms with Crippen molar-refractivity contribution in [3.8, 4) is 0 Å². The highest BCUT2D eigenvalue weighted by atomic mass is 16.5. The van der Waals surface area contributed by atoms with Gasteiger partial charge in [-0.25, -0.2) is 9.97 Å². The second kappa shape index (κ2) is 4.57. The van der Waals surface area contributed by atoms with Crippen LogP contribution in [-0.4, -0.2) is 23.7 Å². The maximum absolute atomic E-state index is 5.92. The highest BCUT2D eigenvalue weighted by Gasteiger charge is 2.15. The zero-order chi connectivity index (χ0) is 10.7. The minimum absolute atomic E-state index is 0.651. The Morgan fingerprint density at radius 3 is 2.87 bits per heavy atom. The molecular formula is C11H17N3O. The summed E-state index contributed by atoms with van der Waals surface area (Å²) in [7, 11) is 1.68. The van der Waals surface area contributed by atoms with Gasteiger partial charge >= 0.3 is 0 Å². The first-order valence-electron chi connectivity index (χ1n) is 5.44. The van der Waals surface area contributed by atoms with E-state index in [2.05, 4.69) is 9.97 Å². The number of fused-ring (bicyclic) bond motifs is 1. The number of aryl methyl sites for hydroxylation is 1. The van der Waals surface area contributed by atoms with Crippen LogP contribution in [0.4, 0.5) is 5.82 Å². The molecule has 0 spiro atoms. The average molecular weight is 207 g/mol. The molecule has 4 heteroatoms. The third kappa shape index (κ3) is 2.26. The molecule has 0 radical (unpaired) electrons. The van der Waals surface area contributed by atoms with Crippen LogP contribution >= 0.6 is 0 Å². The summed E-state index contributed by atoms with van der Waals surface area (Å²) in [6.07, 6.45) is 5.24. The van der Waals surface area contributed by atoms with E-state index in [0.717, 1.165) is 30.8 Å². The molecule has 82 valence electrons. The molecule has 1 heterocycles. The van der Waals surface area contributed by atoms with Gasteiger partial charge in [0.2, 0.25) is 0 Å². The van der Waals surface area contributed by atoms with Gasteiger partial charge in [0.15, 0.2) is 0 Å². The summed E-state index contributed by atoms with van der Waals surface area (Å²) in [5.41, 5.74) is 8.24. The largest absolute Gasteiger partial charge is 0.384 e. The molecule has 0 bridgehead atoms. The normalized spacial score (nSPS) is 15.0. The summed E-state index contributed by atoms with van der Waals surface area (Å²) in [5, 5.41) is 0. The fourth-order valence-electron chi connectivity index (χ4n) is 1.98. The second-order valence-corrected chi connectivity index (χ2v) is 3.90.